The minimum Gasteiger partial charge on any atom is -0.473 e. The fourth-order valence-corrected chi connectivity index (χ4v) is 3.94. The Labute approximate surface area is 218 Å². The first-order valence-corrected chi connectivity index (χ1v) is 12.6. The van der Waals surface area contributed by atoms with E-state index in [1.54, 1.807) is 12.1 Å². The maximum absolute atomic E-state index is 13.3. The van der Waals surface area contributed by atoms with Crippen LogP contribution in [0.2, 0.25) is 0 Å². The number of rotatable bonds is 11. The Balaban J connectivity index is 0.00000361. The third-order valence-corrected chi connectivity index (χ3v) is 6.45. The fourth-order valence-electron chi connectivity index (χ4n) is 3.94. The molecule has 36 heavy (non-hydrogen) atoms. The summed E-state index contributed by atoms with van der Waals surface area (Å²) in [6.07, 6.45) is 4.33. The molecule has 2 heterocycles. The van der Waals surface area contributed by atoms with Crippen molar-refractivity contribution in [2.75, 3.05) is 6.61 Å². The predicted octanol–water partition coefficient (Wildman–Crippen LogP) is 5.11. The molecule has 1 aliphatic rings. The zero-order valence-corrected chi connectivity index (χ0v) is 22.7. The summed E-state index contributed by atoms with van der Waals surface area (Å²) < 4.78 is 14.6. The summed E-state index contributed by atoms with van der Waals surface area (Å²) in [4.78, 5) is 13.3. The molecule has 1 saturated carbocycles. The summed E-state index contributed by atoms with van der Waals surface area (Å²) in [6, 6.07) is 9.51. The predicted molar refractivity (Wildman–Crippen MR) is 141 cm³/mol. The Morgan fingerprint density at radius 2 is 1.86 bits per heavy atom. The highest BCUT2D eigenvalue weighted by Gasteiger charge is 2.22. The van der Waals surface area contributed by atoms with Gasteiger partial charge in [0.15, 0.2) is 11.4 Å². The zero-order chi connectivity index (χ0) is 25.2. The summed E-state index contributed by atoms with van der Waals surface area (Å²) in [5, 5.41) is 17.4. The van der Waals surface area contributed by atoms with Gasteiger partial charge in [-0.05, 0) is 66.3 Å². The number of ketones is 1. The lowest BCUT2D eigenvalue weighted by Crippen LogP contribution is -2.27. The van der Waals surface area contributed by atoms with Crippen molar-refractivity contribution >= 4 is 23.8 Å². The van der Waals surface area contributed by atoms with Crippen LogP contribution in [-0.2, 0) is 23.3 Å². The molecule has 0 aliphatic heterocycles. The van der Waals surface area contributed by atoms with Crippen LogP contribution < -0.4 is 10.4 Å². The second-order valence-corrected chi connectivity index (χ2v) is 10.5. The van der Waals surface area contributed by atoms with E-state index in [0.717, 1.165) is 30.6 Å². The van der Waals surface area contributed by atoms with Gasteiger partial charge in [-0.25, -0.2) is 4.68 Å². The zero-order valence-electron chi connectivity index (χ0n) is 21.9. The van der Waals surface area contributed by atoms with E-state index >= 15 is 0 Å². The summed E-state index contributed by atoms with van der Waals surface area (Å²) in [6.45, 7) is 11.8. The van der Waals surface area contributed by atoms with E-state index < -0.39 is 0 Å². The second kappa shape index (κ2) is 11.6. The van der Waals surface area contributed by atoms with Gasteiger partial charge in [0, 0.05) is 18.2 Å². The molecule has 2 aromatic heterocycles. The third kappa shape index (κ3) is 6.73. The summed E-state index contributed by atoms with van der Waals surface area (Å²) in [7, 11) is 0. The highest BCUT2D eigenvalue weighted by Crippen LogP contribution is 2.30. The number of hydrogen-bond acceptors (Lipinski definition) is 6. The molecule has 8 nitrogen and oxygen atoms in total. The summed E-state index contributed by atoms with van der Waals surface area (Å²) >= 11 is 0. The van der Waals surface area contributed by atoms with Crippen LogP contribution in [0.3, 0.4) is 0 Å². The number of nitrogens with zero attached hydrogens (tertiary/aromatic N) is 4. The molecule has 0 radical (unpaired) electrons. The fraction of sp³-hybridized carbons (Fsp3) is 0.556. The van der Waals surface area contributed by atoms with Gasteiger partial charge < -0.3 is 9.47 Å². The number of Topliss-reactive ketones (excluding diaryl/α,β-unsaturated/α-hetero) is 1. The molecule has 9 heteroatoms. The van der Waals surface area contributed by atoms with E-state index in [0.29, 0.717) is 29.6 Å². The molecule has 1 aliphatic carbocycles. The molecule has 0 saturated heterocycles. The normalized spacial score (nSPS) is 13.7. The van der Waals surface area contributed by atoms with Crippen LogP contribution in [0.1, 0.15) is 81.8 Å². The van der Waals surface area contributed by atoms with Gasteiger partial charge in [-0.15, -0.1) is 22.6 Å². The molecule has 0 bridgehead atoms. The number of ether oxygens (including phenoxy) is 2. The Bertz CT molecular complexity index is 1250. The first-order chi connectivity index (χ1) is 16.7. The third-order valence-electron chi connectivity index (χ3n) is 6.45. The number of benzene rings is 1. The van der Waals surface area contributed by atoms with E-state index in [1.807, 2.05) is 12.1 Å². The van der Waals surface area contributed by atoms with Crippen molar-refractivity contribution in [1.29, 1.82) is 5.41 Å². The molecule has 1 N–H and O–H groups in total. The number of nitrogens with one attached hydrogen (secondary N) is 1. The SMILES string of the molecule is CCC(CC)Oc1ccc2nn(CC(=O)c3cc(COCC4CC4)cc(C(C)(C)C)c3)c(=N)n2n1.Cl. The van der Waals surface area contributed by atoms with Crippen molar-refractivity contribution in [1.82, 2.24) is 19.4 Å². The second-order valence-electron chi connectivity index (χ2n) is 10.5. The van der Waals surface area contributed by atoms with Gasteiger partial charge in [0.1, 0.15) is 6.54 Å². The molecule has 3 aromatic rings. The quantitative estimate of drug-likeness (QED) is 0.358. The Kier molecular flexibility index (Phi) is 8.95. The molecular formula is C27H38ClN5O3. The van der Waals surface area contributed by atoms with Gasteiger partial charge in [0.2, 0.25) is 11.5 Å². The Hall–Kier alpha value is -2.71. The molecule has 0 atom stereocenters. The highest BCUT2D eigenvalue weighted by molar-refractivity contribution is 5.96. The lowest BCUT2D eigenvalue weighted by atomic mass is 9.84. The van der Waals surface area contributed by atoms with Crippen LogP contribution in [0, 0.1) is 11.3 Å². The topological polar surface area (TPSA) is 94.5 Å². The van der Waals surface area contributed by atoms with Gasteiger partial charge >= 0.3 is 0 Å². The van der Waals surface area contributed by atoms with E-state index in [1.165, 1.54) is 22.0 Å². The minimum absolute atomic E-state index is 0. The number of hydrogen-bond donors (Lipinski definition) is 1. The van der Waals surface area contributed by atoms with Gasteiger partial charge in [-0.2, -0.15) is 4.52 Å². The maximum Gasteiger partial charge on any atom is 0.242 e. The van der Waals surface area contributed by atoms with E-state index in [2.05, 4.69) is 50.9 Å². The van der Waals surface area contributed by atoms with Crippen molar-refractivity contribution in [2.45, 2.75) is 85.0 Å². The summed E-state index contributed by atoms with van der Waals surface area (Å²) in [5.41, 5.74) is 3.12. The van der Waals surface area contributed by atoms with Crippen molar-refractivity contribution in [3.8, 4) is 5.88 Å². The van der Waals surface area contributed by atoms with Gasteiger partial charge in [0.25, 0.3) is 0 Å². The van der Waals surface area contributed by atoms with Crippen molar-refractivity contribution in [3.05, 3.63) is 52.6 Å². The number of fused-ring (bicyclic) bond motifs is 1. The summed E-state index contributed by atoms with van der Waals surface area (Å²) in [5.74, 6) is 1.04. The highest BCUT2D eigenvalue weighted by atomic mass is 35.5. The van der Waals surface area contributed by atoms with Gasteiger partial charge in [-0.3, -0.25) is 10.2 Å². The number of carbonyl (C=O) groups excluding carboxylic acids is 1. The van der Waals surface area contributed by atoms with Crippen LogP contribution in [0.5, 0.6) is 5.88 Å². The number of aromatic nitrogens is 4. The standard InChI is InChI=1S/C27H37N5O3.ClH/c1-6-22(7-2)35-25-11-10-24-29-31(26(28)32(24)30-25)15-23(33)20-12-19(17-34-16-18-8-9-18)13-21(14-20)27(3,4)5;/h10-14,18,22,28H,6-9,15-17H2,1-5H3;1H. The van der Waals surface area contributed by atoms with E-state index in [4.69, 9.17) is 14.9 Å². The van der Waals surface area contributed by atoms with Crippen LogP contribution in [0.4, 0.5) is 0 Å². The van der Waals surface area contributed by atoms with Crippen molar-refractivity contribution in [3.63, 3.8) is 0 Å². The first-order valence-electron chi connectivity index (χ1n) is 12.6. The molecule has 0 amide bonds. The number of halogens is 1. The van der Waals surface area contributed by atoms with E-state index in [-0.39, 0.29) is 41.9 Å². The Morgan fingerprint density at radius 1 is 1.14 bits per heavy atom. The van der Waals surface area contributed by atoms with Crippen LogP contribution >= 0.6 is 12.4 Å². The minimum atomic E-state index is -0.104. The average Bonchev–Trinajstić information content (AvgIpc) is 3.60. The van der Waals surface area contributed by atoms with Gasteiger partial charge in [-0.1, -0.05) is 40.7 Å². The lowest BCUT2D eigenvalue weighted by Gasteiger charge is -2.21. The van der Waals surface area contributed by atoms with Crippen LogP contribution in [-0.4, -0.2) is 37.9 Å². The molecular weight excluding hydrogens is 478 g/mol. The maximum atomic E-state index is 13.3. The lowest BCUT2D eigenvalue weighted by molar-refractivity contribution is 0.0963. The Morgan fingerprint density at radius 3 is 2.50 bits per heavy atom. The van der Waals surface area contributed by atoms with Crippen LogP contribution in [0.25, 0.3) is 5.65 Å². The smallest absolute Gasteiger partial charge is 0.242 e. The average molecular weight is 516 g/mol. The first kappa shape index (κ1) is 27.9. The largest absolute Gasteiger partial charge is 0.473 e. The van der Waals surface area contributed by atoms with Crippen molar-refractivity contribution < 1.29 is 14.3 Å². The molecule has 0 spiro atoms. The molecule has 0 unspecified atom stereocenters. The molecule has 196 valence electrons. The van der Waals surface area contributed by atoms with E-state index in [9.17, 15) is 4.79 Å². The molecule has 1 aromatic carbocycles. The number of carbonyl (C=O) groups is 1. The van der Waals surface area contributed by atoms with Crippen LogP contribution in [0.15, 0.2) is 30.3 Å². The molecule has 1 fully saturated rings. The molecule has 4 rings (SSSR count). The van der Waals surface area contributed by atoms with Crippen molar-refractivity contribution in [2.24, 2.45) is 5.92 Å². The van der Waals surface area contributed by atoms with Gasteiger partial charge in [0.05, 0.1) is 12.7 Å². The monoisotopic (exact) mass is 515 g/mol.